The fraction of sp³-hybridized carbons (Fsp3) is 0.304. The van der Waals surface area contributed by atoms with Crippen molar-refractivity contribution < 1.29 is 14.3 Å². The summed E-state index contributed by atoms with van der Waals surface area (Å²) in [7, 11) is 0. The van der Waals surface area contributed by atoms with E-state index in [1.807, 2.05) is 55.5 Å². The molecule has 0 N–H and O–H groups in total. The largest absolute Gasteiger partial charge is 0.490 e. The second-order valence-electron chi connectivity index (χ2n) is 6.58. The van der Waals surface area contributed by atoms with Gasteiger partial charge in [0.1, 0.15) is 18.2 Å². The van der Waals surface area contributed by atoms with Crippen LogP contribution in [0.4, 0.5) is 0 Å². The van der Waals surface area contributed by atoms with Gasteiger partial charge in [0.25, 0.3) is 5.91 Å². The molecule has 0 atom stereocenters. The van der Waals surface area contributed by atoms with E-state index in [-0.39, 0.29) is 11.5 Å². The van der Waals surface area contributed by atoms with Gasteiger partial charge < -0.3 is 14.4 Å². The first-order valence-corrected chi connectivity index (χ1v) is 9.56. The Morgan fingerprint density at radius 1 is 1.11 bits per heavy atom. The predicted molar refractivity (Wildman–Crippen MR) is 108 cm³/mol. The molecule has 28 heavy (non-hydrogen) atoms. The predicted octanol–water partition coefficient (Wildman–Crippen LogP) is 4.19. The number of likely N-dealkylation sites (tertiary alicyclic amines) is 1. The average molecular weight is 376 g/mol. The second-order valence-corrected chi connectivity index (χ2v) is 6.58. The Morgan fingerprint density at radius 3 is 2.54 bits per heavy atom. The number of rotatable bonds is 7. The molecule has 1 aliphatic rings. The number of hydrogen-bond acceptors (Lipinski definition) is 4. The highest BCUT2D eigenvalue weighted by molar-refractivity contribution is 6.01. The Bertz CT molecular complexity index is 878. The second kappa shape index (κ2) is 9.61. The first kappa shape index (κ1) is 19.5. The van der Waals surface area contributed by atoms with Crippen molar-refractivity contribution in [2.24, 2.45) is 0 Å². The lowest BCUT2D eigenvalue weighted by atomic mass is 10.1. The van der Waals surface area contributed by atoms with E-state index in [1.165, 1.54) is 0 Å². The van der Waals surface area contributed by atoms with Crippen LogP contribution >= 0.6 is 0 Å². The summed E-state index contributed by atoms with van der Waals surface area (Å²) in [6, 6.07) is 17.4. The van der Waals surface area contributed by atoms with Crippen LogP contribution in [-0.2, 0) is 11.4 Å². The Labute approximate surface area is 165 Å². The quantitative estimate of drug-likeness (QED) is 0.537. The third-order valence-corrected chi connectivity index (χ3v) is 4.56. The van der Waals surface area contributed by atoms with E-state index in [2.05, 4.69) is 0 Å². The van der Waals surface area contributed by atoms with Gasteiger partial charge >= 0.3 is 0 Å². The molecule has 1 heterocycles. The van der Waals surface area contributed by atoms with Gasteiger partial charge in [-0.25, -0.2) is 0 Å². The molecule has 1 saturated heterocycles. The summed E-state index contributed by atoms with van der Waals surface area (Å²) in [4.78, 5) is 14.2. The lowest BCUT2D eigenvalue weighted by Crippen LogP contribution is -2.28. The van der Waals surface area contributed by atoms with Crippen LogP contribution in [0.5, 0.6) is 11.5 Å². The summed E-state index contributed by atoms with van der Waals surface area (Å²) in [6.07, 6.45) is 3.60. The Kier molecular flexibility index (Phi) is 6.69. The third kappa shape index (κ3) is 4.92. The zero-order valence-corrected chi connectivity index (χ0v) is 16.1. The lowest BCUT2D eigenvalue weighted by Gasteiger charge is -2.15. The Hall–Kier alpha value is -3.26. The van der Waals surface area contributed by atoms with E-state index in [0.717, 1.165) is 24.0 Å². The summed E-state index contributed by atoms with van der Waals surface area (Å²) in [5.41, 5.74) is 1.94. The maximum atomic E-state index is 12.5. The van der Waals surface area contributed by atoms with Gasteiger partial charge in [-0.2, -0.15) is 5.26 Å². The van der Waals surface area contributed by atoms with Crippen LogP contribution in [0.25, 0.3) is 6.08 Å². The van der Waals surface area contributed by atoms with E-state index in [0.29, 0.717) is 37.8 Å². The number of carbonyl (C=O) groups is 1. The molecule has 2 aromatic carbocycles. The molecule has 2 aromatic rings. The van der Waals surface area contributed by atoms with Crippen LogP contribution < -0.4 is 9.47 Å². The molecule has 1 aliphatic heterocycles. The van der Waals surface area contributed by atoms with Crippen molar-refractivity contribution in [3.05, 3.63) is 65.2 Å². The molecular weight excluding hydrogens is 352 g/mol. The van der Waals surface area contributed by atoms with Crippen LogP contribution in [0.3, 0.4) is 0 Å². The number of benzene rings is 2. The summed E-state index contributed by atoms with van der Waals surface area (Å²) in [5, 5.41) is 9.43. The molecular formula is C23H24N2O3. The minimum Gasteiger partial charge on any atom is -0.490 e. The molecule has 0 bridgehead atoms. The van der Waals surface area contributed by atoms with E-state index < -0.39 is 0 Å². The van der Waals surface area contributed by atoms with Crippen molar-refractivity contribution in [2.75, 3.05) is 19.7 Å². The molecule has 144 valence electrons. The summed E-state index contributed by atoms with van der Waals surface area (Å²) in [5.74, 6) is 1.02. The maximum absolute atomic E-state index is 12.5. The van der Waals surface area contributed by atoms with Crippen LogP contribution in [-0.4, -0.2) is 30.5 Å². The first-order chi connectivity index (χ1) is 13.7. The Balaban J connectivity index is 1.79. The summed E-state index contributed by atoms with van der Waals surface area (Å²) in [6.45, 7) is 4.27. The van der Waals surface area contributed by atoms with Crippen molar-refractivity contribution in [1.29, 1.82) is 5.26 Å². The zero-order valence-electron chi connectivity index (χ0n) is 16.1. The van der Waals surface area contributed by atoms with Gasteiger partial charge in [0.2, 0.25) is 0 Å². The molecule has 5 heteroatoms. The molecule has 0 aliphatic carbocycles. The first-order valence-electron chi connectivity index (χ1n) is 9.56. The minimum atomic E-state index is -0.206. The van der Waals surface area contributed by atoms with Gasteiger partial charge in [-0.15, -0.1) is 0 Å². The SMILES string of the molecule is CCOc1cc(/C=C(\C#N)C(=O)N2CCCC2)ccc1OCc1ccccc1. The molecule has 0 saturated carbocycles. The number of hydrogen-bond donors (Lipinski definition) is 0. The van der Waals surface area contributed by atoms with Gasteiger partial charge in [-0.05, 0) is 49.1 Å². The van der Waals surface area contributed by atoms with Crippen LogP contribution in [0.2, 0.25) is 0 Å². The lowest BCUT2D eigenvalue weighted by molar-refractivity contribution is -0.125. The number of ether oxygens (including phenoxy) is 2. The van der Waals surface area contributed by atoms with Gasteiger partial charge in [0, 0.05) is 13.1 Å². The van der Waals surface area contributed by atoms with Crippen molar-refractivity contribution in [3.8, 4) is 17.6 Å². The van der Waals surface area contributed by atoms with Crippen molar-refractivity contribution in [3.63, 3.8) is 0 Å². The number of carbonyl (C=O) groups excluding carboxylic acids is 1. The molecule has 0 unspecified atom stereocenters. The van der Waals surface area contributed by atoms with Crippen molar-refractivity contribution >= 4 is 12.0 Å². The average Bonchev–Trinajstić information content (AvgIpc) is 3.27. The minimum absolute atomic E-state index is 0.141. The molecule has 5 nitrogen and oxygen atoms in total. The Morgan fingerprint density at radius 2 is 1.86 bits per heavy atom. The maximum Gasteiger partial charge on any atom is 0.264 e. The zero-order chi connectivity index (χ0) is 19.8. The van der Waals surface area contributed by atoms with Gasteiger partial charge in [0.15, 0.2) is 11.5 Å². The highest BCUT2D eigenvalue weighted by atomic mass is 16.5. The van der Waals surface area contributed by atoms with E-state index in [4.69, 9.17) is 9.47 Å². The van der Waals surface area contributed by atoms with E-state index >= 15 is 0 Å². The topological polar surface area (TPSA) is 62.6 Å². The van der Waals surface area contributed by atoms with Gasteiger partial charge in [-0.1, -0.05) is 36.4 Å². The molecule has 1 amide bonds. The molecule has 1 fully saturated rings. The van der Waals surface area contributed by atoms with Crippen LogP contribution in [0, 0.1) is 11.3 Å². The van der Waals surface area contributed by atoms with Gasteiger partial charge in [0.05, 0.1) is 6.61 Å². The van der Waals surface area contributed by atoms with Gasteiger partial charge in [-0.3, -0.25) is 4.79 Å². The monoisotopic (exact) mass is 376 g/mol. The van der Waals surface area contributed by atoms with Crippen molar-refractivity contribution in [2.45, 2.75) is 26.4 Å². The summed E-state index contributed by atoms with van der Waals surface area (Å²) >= 11 is 0. The highest BCUT2D eigenvalue weighted by Gasteiger charge is 2.21. The molecule has 0 aromatic heterocycles. The molecule has 0 radical (unpaired) electrons. The smallest absolute Gasteiger partial charge is 0.264 e. The molecule has 0 spiro atoms. The van der Waals surface area contributed by atoms with Crippen molar-refractivity contribution in [1.82, 2.24) is 4.90 Å². The highest BCUT2D eigenvalue weighted by Crippen LogP contribution is 2.30. The normalized spacial score (nSPS) is 13.9. The molecule has 3 rings (SSSR count). The fourth-order valence-corrected chi connectivity index (χ4v) is 3.14. The third-order valence-electron chi connectivity index (χ3n) is 4.56. The van der Waals surface area contributed by atoms with E-state index in [9.17, 15) is 10.1 Å². The van der Waals surface area contributed by atoms with Crippen LogP contribution in [0.1, 0.15) is 30.9 Å². The number of amides is 1. The fourth-order valence-electron chi connectivity index (χ4n) is 3.14. The van der Waals surface area contributed by atoms with Crippen LogP contribution in [0.15, 0.2) is 54.1 Å². The standard InChI is InChI=1S/C23H24N2O3/c1-2-27-22-15-19(14-20(16-24)23(26)25-12-6-7-13-25)10-11-21(22)28-17-18-8-4-3-5-9-18/h3-5,8-11,14-15H,2,6-7,12-13,17H2,1H3/b20-14+. The number of nitrogens with zero attached hydrogens (tertiary/aromatic N) is 2. The summed E-state index contributed by atoms with van der Waals surface area (Å²) < 4.78 is 11.6. The number of nitriles is 1. The van der Waals surface area contributed by atoms with E-state index in [1.54, 1.807) is 17.0 Å².